The molecular formula is C17H21ClFN5S. The first-order valence-electron chi connectivity index (χ1n) is 8.15. The number of benzene rings is 1. The Kier molecular flexibility index (Phi) is 5.56. The van der Waals surface area contributed by atoms with Gasteiger partial charge in [0, 0.05) is 56.7 Å². The lowest BCUT2D eigenvalue weighted by Gasteiger charge is -2.36. The maximum atomic E-state index is 13.2. The lowest BCUT2D eigenvalue weighted by Crippen LogP contribution is -2.49. The third kappa shape index (κ3) is 4.29. The summed E-state index contributed by atoms with van der Waals surface area (Å²) in [5.74, 6) is -0.433. The van der Waals surface area contributed by atoms with Gasteiger partial charge in [0.15, 0.2) is 5.11 Å². The van der Waals surface area contributed by atoms with Gasteiger partial charge in [-0.3, -0.25) is 9.58 Å². The Morgan fingerprint density at radius 3 is 2.64 bits per heavy atom. The van der Waals surface area contributed by atoms with Crippen molar-refractivity contribution in [2.75, 3.05) is 31.5 Å². The van der Waals surface area contributed by atoms with Gasteiger partial charge < -0.3 is 10.2 Å². The maximum Gasteiger partial charge on any atom is 0.173 e. The number of rotatable bonds is 3. The van der Waals surface area contributed by atoms with Gasteiger partial charge in [-0.1, -0.05) is 11.6 Å². The summed E-state index contributed by atoms with van der Waals surface area (Å²) < 4.78 is 15.1. The molecule has 1 aliphatic rings. The molecule has 2 aromatic rings. The summed E-state index contributed by atoms with van der Waals surface area (Å²) in [6.07, 6.45) is 1.94. The number of anilines is 1. The van der Waals surface area contributed by atoms with Crippen LogP contribution in [0.15, 0.2) is 24.4 Å². The summed E-state index contributed by atoms with van der Waals surface area (Å²) >= 11 is 11.3. The standard InChI is InChI=1S/C17H21ClFN5S/c1-12-13(10-20-22(12)2)11-23-5-7-24(8-6-23)17(25)21-14-3-4-16(19)15(18)9-14/h3-4,9-10H,5-8,11H2,1-2H3,(H,21,25). The monoisotopic (exact) mass is 381 g/mol. The number of aromatic nitrogens is 2. The van der Waals surface area contributed by atoms with Gasteiger partial charge in [0.2, 0.25) is 0 Å². The first kappa shape index (κ1) is 18.1. The zero-order valence-electron chi connectivity index (χ0n) is 14.3. The van der Waals surface area contributed by atoms with E-state index in [1.54, 1.807) is 12.1 Å². The van der Waals surface area contributed by atoms with Crippen LogP contribution in [0.3, 0.4) is 0 Å². The van der Waals surface area contributed by atoms with Crippen LogP contribution in [0.5, 0.6) is 0 Å². The number of thiocarbonyl (C=S) groups is 1. The van der Waals surface area contributed by atoms with Gasteiger partial charge in [-0.25, -0.2) is 4.39 Å². The predicted molar refractivity (Wildman–Crippen MR) is 102 cm³/mol. The fraction of sp³-hybridized carbons (Fsp3) is 0.412. The largest absolute Gasteiger partial charge is 0.346 e. The SMILES string of the molecule is Cc1c(CN2CCN(C(=S)Nc3ccc(F)c(Cl)c3)CC2)cnn1C. The molecule has 0 spiro atoms. The van der Waals surface area contributed by atoms with Crippen LogP contribution in [0.25, 0.3) is 0 Å². The van der Waals surface area contributed by atoms with E-state index < -0.39 is 5.82 Å². The highest BCUT2D eigenvalue weighted by atomic mass is 35.5. The molecule has 0 radical (unpaired) electrons. The van der Waals surface area contributed by atoms with Crippen molar-refractivity contribution >= 4 is 34.6 Å². The summed E-state index contributed by atoms with van der Waals surface area (Å²) in [6.45, 7) is 6.55. The van der Waals surface area contributed by atoms with E-state index in [4.69, 9.17) is 23.8 Å². The van der Waals surface area contributed by atoms with Crippen molar-refractivity contribution in [3.05, 3.63) is 46.5 Å². The molecule has 0 unspecified atom stereocenters. The lowest BCUT2D eigenvalue weighted by atomic mass is 10.2. The molecule has 0 bridgehead atoms. The summed E-state index contributed by atoms with van der Waals surface area (Å²) in [6, 6.07) is 4.51. The van der Waals surface area contributed by atoms with Gasteiger partial charge in [0.25, 0.3) is 0 Å². The van der Waals surface area contributed by atoms with Crippen LogP contribution in [0.4, 0.5) is 10.1 Å². The van der Waals surface area contributed by atoms with Crippen LogP contribution >= 0.6 is 23.8 Å². The third-order valence-corrected chi connectivity index (χ3v) is 5.21. The summed E-state index contributed by atoms with van der Waals surface area (Å²) in [7, 11) is 1.96. The fourth-order valence-electron chi connectivity index (χ4n) is 2.83. The second-order valence-corrected chi connectivity index (χ2v) is 6.99. The molecule has 1 aliphatic heterocycles. The number of piperazine rings is 1. The highest BCUT2D eigenvalue weighted by molar-refractivity contribution is 7.80. The minimum atomic E-state index is -0.433. The van der Waals surface area contributed by atoms with E-state index in [-0.39, 0.29) is 5.02 Å². The molecule has 1 fully saturated rings. The van der Waals surface area contributed by atoms with Crippen molar-refractivity contribution in [2.24, 2.45) is 7.05 Å². The average Bonchev–Trinajstić information content (AvgIpc) is 2.91. The van der Waals surface area contributed by atoms with E-state index >= 15 is 0 Å². The van der Waals surface area contributed by atoms with Gasteiger partial charge in [0.1, 0.15) is 5.82 Å². The quantitative estimate of drug-likeness (QED) is 0.827. The smallest absolute Gasteiger partial charge is 0.173 e. The molecule has 1 saturated heterocycles. The Morgan fingerprint density at radius 1 is 1.32 bits per heavy atom. The van der Waals surface area contributed by atoms with E-state index in [0.29, 0.717) is 10.8 Å². The van der Waals surface area contributed by atoms with E-state index in [2.05, 4.69) is 27.1 Å². The molecule has 5 nitrogen and oxygen atoms in total. The Morgan fingerprint density at radius 2 is 2.04 bits per heavy atom. The van der Waals surface area contributed by atoms with Crippen molar-refractivity contribution in [1.82, 2.24) is 19.6 Å². The molecule has 8 heteroatoms. The first-order valence-corrected chi connectivity index (χ1v) is 8.93. The zero-order valence-corrected chi connectivity index (χ0v) is 15.9. The third-order valence-electron chi connectivity index (χ3n) is 4.56. The normalized spacial score (nSPS) is 15.4. The Labute approximate surface area is 157 Å². The second kappa shape index (κ2) is 7.68. The number of halogens is 2. The Bertz CT molecular complexity index is 770. The van der Waals surface area contributed by atoms with Crippen LogP contribution in [0.1, 0.15) is 11.3 Å². The fourth-order valence-corrected chi connectivity index (χ4v) is 3.31. The van der Waals surface area contributed by atoms with E-state index in [0.717, 1.165) is 32.7 Å². The Balaban J connectivity index is 1.52. The summed E-state index contributed by atoms with van der Waals surface area (Å²) in [4.78, 5) is 4.52. The summed E-state index contributed by atoms with van der Waals surface area (Å²) in [5.41, 5.74) is 3.16. The number of aryl methyl sites for hydroxylation is 1. The molecule has 0 aliphatic carbocycles. The molecule has 134 valence electrons. The Hall–Kier alpha value is -1.70. The van der Waals surface area contributed by atoms with Crippen molar-refractivity contribution in [3.8, 4) is 0 Å². The minimum absolute atomic E-state index is 0.0875. The molecule has 2 heterocycles. The molecule has 0 saturated carbocycles. The second-order valence-electron chi connectivity index (χ2n) is 6.20. The van der Waals surface area contributed by atoms with Gasteiger partial charge in [0.05, 0.1) is 11.2 Å². The highest BCUT2D eigenvalue weighted by Crippen LogP contribution is 2.20. The van der Waals surface area contributed by atoms with Crippen LogP contribution in [0, 0.1) is 12.7 Å². The predicted octanol–water partition coefficient (Wildman–Crippen LogP) is 3.04. The van der Waals surface area contributed by atoms with Gasteiger partial charge >= 0.3 is 0 Å². The topological polar surface area (TPSA) is 36.3 Å². The molecule has 3 rings (SSSR count). The minimum Gasteiger partial charge on any atom is -0.346 e. The van der Waals surface area contributed by atoms with Crippen molar-refractivity contribution in [2.45, 2.75) is 13.5 Å². The van der Waals surface area contributed by atoms with Crippen LogP contribution < -0.4 is 5.32 Å². The van der Waals surface area contributed by atoms with Crippen LogP contribution in [-0.2, 0) is 13.6 Å². The number of hydrogen-bond donors (Lipinski definition) is 1. The molecular weight excluding hydrogens is 361 g/mol. The lowest BCUT2D eigenvalue weighted by molar-refractivity contribution is 0.176. The van der Waals surface area contributed by atoms with E-state index in [1.807, 2.05) is 17.9 Å². The van der Waals surface area contributed by atoms with E-state index in [9.17, 15) is 4.39 Å². The molecule has 1 aromatic carbocycles. The molecule has 1 aromatic heterocycles. The summed E-state index contributed by atoms with van der Waals surface area (Å²) in [5, 5.41) is 8.15. The maximum absolute atomic E-state index is 13.2. The van der Waals surface area contributed by atoms with Gasteiger partial charge in [-0.2, -0.15) is 5.10 Å². The van der Waals surface area contributed by atoms with Crippen molar-refractivity contribution in [1.29, 1.82) is 0 Å². The zero-order chi connectivity index (χ0) is 18.0. The highest BCUT2D eigenvalue weighted by Gasteiger charge is 2.20. The van der Waals surface area contributed by atoms with E-state index in [1.165, 1.54) is 17.3 Å². The molecule has 1 N–H and O–H groups in total. The van der Waals surface area contributed by atoms with Gasteiger partial charge in [-0.05, 0) is 37.3 Å². The average molecular weight is 382 g/mol. The molecule has 0 amide bonds. The number of nitrogens with zero attached hydrogens (tertiary/aromatic N) is 4. The number of hydrogen-bond acceptors (Lipinski definition) is 3. The molecule has 0 atom stereocenters. The number of nitrogens with one attached hydrogen (secondary N) is 1. The van der Waals surface area contributed by atoms with Crippen molar-refractivity contribution < 1.29 is 4.39 Å². The van der Waals surface area contributed by atoms with Crippen LogP contribution in [0.2, 0.25) is 5.02 Å². The van der Waals surface area contributed by atoms with Crippen molar-refractivity contribution in [3.63, 3.8) is 0 Å². The van der Waals surface area contributed by atoms with Crippen LogP contribution in [-0.4, -0.2) is 50.9 Å². The molecule has 25 heavy (non-hydrogen) atoms. The first-order chi connectivity index (χ1) is 11.9. The van der Waals surface area contributed by atoms with Gasteiger partial charge in [-0.15, -0.1) is 0 Å².